The molecule has 7 nitrogen and oxygen atoms in total. The van der Waals surface area contributed by atoms with Crippen molar-refractivity contribution in [3.8, 4) is 12.3 Å². The zero-order valence-corrected chi connectivity index (χ0v) is 8.23. The van der Waals surface area contributed by atoms with Crippen molar-refractivity contribution in [1.82, 2.24) is 15.5 Å². The summed E-state index contributed by atoms with van der Waals surface area (Å²) in [4.78, 5) is 22.0. The van der Waals surface area contributed by atoms with E-state index in [9.17, 15) is 9.59 Å². The number of carboxylic acids is 1. The predicted octanol–water partition coefficient (Wildman–Crippen LogP) is 0.00770. The van der Waals surface area contributed by atoms with E-state index in [0.29, 0.717) is 5.69 Å². The smallest absolute Gasteiger partial charge is 0.327 e. The summed E-state index contributed by atoms with van der Waals surface area (Å²) in [6.45, 7) is 0. The average Bonchev–Trinajstić information content (AvgIpc) is 2.69. The highest BCUT2D eigenvalue weighted by molar-refractivity contribution is 5.92. The first-order valence-electron chi connectivity index (χ1n) is 4.36. The SMILES string of the molecule is C#CCC(NC(=O)Nc1cn[nH]c1)C(=O)O. The molecule has 1 aromatic heterocycles. The summed E-state index contributed by atoms with van der Waals surface area (Å²) in [6, 6.07) is -1.75. The van der Waals surface area contributed by atoms with Crippen molar-refractivity contribution >= 4 is 17.7 Å². The van der Waals surface area contributed by atoms with Gasteiger partial charge in [0.15, 0.2) is 0 Å². The van der Waals surface area contributed by atoms with E-state index in [1.54, 1.807) is 0 Å². The molecule has 0 saturated carbocycles. The van der Waals surface area contributed by atoms with Gasteiger partial charge < -0.3 is 15.7 Å². The zero-order valence-electron chi connectivity index (χ0n) is 8.23. The maximum absolute atomic E-state index is 11.3. The highest BCUT2D eigenvalue weighted by atomic mass is 16.4. The normalized spacial score (nSPS) is 11.2. The molecule has 7 heteroatoms. The number of aliphatic carboxylic acids is 1. The number of hydrogen-bond donors (Lipinski definition) is 4. The van der Waals surface area contributed by atoms with E-state index in [2.05, 4.69) is 26.8 Å². The molecule has 1 atom stereocenters. The Morgan fingerprint density at radius 3 is 2.94 bits per heavy atom. The van der Waals surface area contributed by atoms with Gasteiger partial charge in [-0.1, -0.05) is 0 Å². The third kappa shape index (κ3) is 3.34. The maximum Gasteiger partial charge on any atom is 0.327 e. The van der Waals surface area contributed by atoms with Gasteiger partial charge in [0.1, 0.15) is 6.04 Å². The van der Waals surface area contributed by atoms with Gasteiger partial charge in [-0.15, -0.1) is 12.3 Å². The number of terminal acetylenes is 1. The first kappa shape index (κ1) is 11.6. The van der Waals surface area contributed by atoms with E-state index < -0.39 is 18.0 Å². The first-order valence-corrected chi connectivity index (χ1v) is 4.36. The van der Waals surface area contributed by atoms with Crippen molar-refractivity contribution in [3.05, 3.63) is 12.4 Å². The summed E-state index contributed by atoms with van der Waals surface area (Å²) in [5.41, 5.74) is 0.433. The van der Waals surface area contributed by atoms with Crippen molar-refractivity contribution in [3.63, 3.8) is 0 Å². The van der Waals surface area contributed by atoms with Gasteiger partial charge >= 0.3 is 12.0 Å². The molecule has 4 N–H and O–H groups in total. The largest absolute Gasteiger partial charge is 0.480 e. The van der Waals surface area contributed by atoms with E-state index in [4.69, 9.17) is 11.5 Å². The van der Waals surface area contributed by atoms with Crippen molar-refractivity contribution in [2.45, 2.75) is 12.5 Å². The molecule has 0 saturated heterocycles. The lowest BCUT2D eigenvalue weighted by Gasteiger charge is -2.11. The molecule has 84 valence electrons. The molecule has 0 aliphatic carbocycles. The van der Waals surface area contributed by atoms with Crippen molar-refractivity contribution in [1.29, 1.82) is 0 Å². The Kier molecular flexibility index (Phi) is 3.91. The molecular weight excluding hydrogens is 212 g/mol. The Bertz CT molecular complexity index is 407. The number of aromatic amines is 1. The van der Waals surface area contributed by atoms with E-state index in [1.807, 2.05) is 0 Å². The molecule has 0 spiro atoms. The number of urea groups is 1. The molecule has 0 radical (unpaired) electrons. The molecule has 0 aromatic carbocycles. The number of carbonyl (C=O) groups is 2. The molecule has 16 heavy (non-hydrogen) atoms. The lowest BCUT2D eigenvalue weighted by atomic mass is 10.2. The molecule has 1 rings (SSSR count). The minimum Gasteiger partial charge on any atom is -0.480 e. The number of carboxylic acid groups (broad SMARTS) is 1. The molecule has 1 aromatic rings. The fourth-order valence-electron chi connectivity index (χ4n) is 0.963. The summed E-state index contributed by atoms with van der Waals surface area (Å²) in [5.74, 6) is 0.991. The summed E-state index contributed by atoms with van der Waals surface area (Å²) in [7, 11) is 0. The van der Waals surface area contributed by atoms with E-state index >= 15 is 0 Å². The molecule has 0 aliphatic rings. The number of carbonyl (C=O) groups excluding carboxylic acids is 1. The third-order valence-corrected chi connectivity index (χ3v) is 1.68. The number of anilines is 1. The van der Waals surface area contributed by atoms with E-state index in [1.165, 1.54) is 12.4 Å². The first-order chi connectivity index (χ1) is 7.63. The molecule has 0 aliphatic heterocycles. The minimum absolute atomic E-state index is 0.0753. The van der Waals surface area contributed by atoms with Gasteiger partial charge in [0.2, 0.25) is 0 Å². The summed E-state index contributed by atoms with van der Waals surface area (Å²) in [6.07, 6.45) is 7.74. The number of nitrogens with one attached hydrogen (secondary N) is 3. The Morgan fingerprint density at radius 2 is 2.44 bits per heavy atom. The van der Waals surface area contributed by atoms with Crippen LogP contribution in [-0.4, -0.2) is 33.3 Å². The molecule has 0 fully saturated rings. The second kappa shape index (κ2) is 5.41. The van der Waals surface area contributed by atoms with Gasteiger partial charge in [-0.3, -0.25) is 5.10 Å². The second-order valence-corrected chi connectivity index (χ2v) is 2.88. The lowest BCUT2D eigenvalue weighted by Crippen LogP contribution is -2.42. The molecule has 1 heterocycles. The summed E-state index contributed by atoms with van der Waals surface area (Å²) < 4.78 is 0. The highest BCUT2D eigenvalue weighted by Gasteiger charge is 2.18. The number of hydrogen-bond acceptors (Lipinski definition) is 3. The molecule has 0 bridgehead atoms. The number of rotatable bonds is 4. The standard InChI is InChI=1S/C9H10N4O3/c1-2-3-7(8(14)15)13-9(16)12-6-4-10-11-5-6/h1,4-5,7H,3H2,(H,10,11)(H,14,15)(H2,12,13,16). The summed E-state index contributed by atoms with van der Waals surface area (Å²) in [5, 5.41) is 19.4. The molecule has 1 unspecified atom stereocenters. The maximum atomic E-state index is 11.3. The lowest BCUT2D eigenvalue weighted by molar-refractivity contribution is -0.139. The predicted molar refractivity (Wildman–Crippen MR) is 55.6 cm³/mol. The van der Waals surface area contributed by atoms with Crippen molar-refractivity contribution < 1.29 is 14.7 Å². The van der Waals surface area contributed by atoms with Gasteiger partial charge in [-0.05, 0) is 0 Å². The van der Waals surface area contributed by atoms with Gasteiger partial charge in [-0.25, -0.2) is 9.59 Å². The van der Waals surface area contributed by atoms with E-state index in [0.717, 1.165) is 0 Å². The van der Waals surface area contributed by atoms with Crippen molar-refractivity contribution in [2.24, 2.45) is 0 Å². The van der Waals surface area contributed by atoms with Crippen LogP contribution in [0.25, 0.3) is 0 Å². The Balaban J connectivity index is 2.49. The zero-order chi connectivity index (χ0) is 12.0. The van der Waals surface area contributed by atoms with Crippen LogP contribution < -0.4 is 10.6 Å². The van der Waals surface area contributed by atoms with Crippen LogP contribution in [0.2, 0.25) is 0 Å². The molecular formula is C9H10N4O3. The van der Waals surface area contributed by atoms with Gasteiger partial charge in [0.05, 0.1) is 11.9 Å². The molecule has 2 amide bonds. The minimum atomic E-state index is -1.18. The fourth-order valence-corrected chi connectivity index (χ4v) is 0.963. The Labute approximate surface area is 91.2 Å². The van der Waals surface area contributed by atoms with Gasteiger partial charge in [0.25, 0.3) is 0 Å². The Hall–Kier alpha value is -2.49. The number of nitrogens with zero attached hydrogens (tertiary/aromatic N) is 1. The van der Waals surface area contributed by atoms with Crippen molar-refractivity contribution in [2.75, 3.05) is 5.32 Å². The van der Waals surface area contributed by atoms with Gasteiger partial charge in [0, 0.05) is 12.6 Å². The number of aromatic nitrogens is 2. The topological polar surface area (TPSA) is 107 Å². The van der Waals surface area contributed by atoms with Crippen LogP contribution in [0.4, 0.5) is 10.5 Å². The van der Waals surface area contributed by atoms with E-state index in [-0.39, 0.29) is 6.42 Å². The fraction of sp³-hybridized carbons (Fsp3) is 0.222. The van der Waals surface area contributed by atoms with Crippen LogP contribution in [0.3, 0.4) is 0 Å². The highest BCUT2D eigenvalue weighted by Crippen LogP contribution is 2.00. The van der Waals surface area contributed by atoms with Crippen LogP contribution in [0, 0.1) is 12.3 Å². The van der Waals surface area contributed by atoms with Crippen LogP contribution in [0.5, 0.6) is 0 Å². The third-order valence-electron chi connectivity index (χ3n) is 1.68. The number of amides is 2. The Morgan fingerprint density at radius 1 is 1.69 bits per heavy atom. The van der Waals surface area contributed by atoms with Crippen LogP contribution in [0.15, 0.2) is 12.4 Å². The van der Waals surface area contributed by atoms with Crippen LogP contribution in [-0.2, 0) is 4.79 Å². The second-order valence-electron chi connectivity index (χ2n) is 2.88. The van der Waals surface area contributed by atoms with Crippen LogP contribution in [0.1, 0.15) is 6.42 Å². The van der Waals surface area contributed by atoms with Crippen LogP contribution >= 0.6 is 0 Å². The number of H-pyrrole nitrogens is 1. The summed E-state index contributed by atoms with van der Waals surface area (Å²) >= 11 is 0. The quantitative estimate of drug-likeness (QED) is 0.538. The average molecular weight is 222 g/mol. The van der Waals surface area contributed by atoms with Gasteiger partial charge in [-0.2, -0.15) is 5.10 Å². The monoisotopic (exact) mass is 222 g/mol.